The Bertz CT molecular complexity index is 1020. The lowest BCUT2D eigenvalue weighted by atomic mass is 10.1. The van der Waals surface area contributed by atoms with Crippen LogP contribution in [0.25, 0.3) is 0 Å². The number of hydrogen-bond acceptors (Lipinski definition) is 7. The Kier molecular flexibility index (Phi) is 6.70. The summed E-state index contributed by atoms with van der Waals surface area (Å²) >= 11 is 0. The largest absolute Gasteiger partial charge is 0.573 e. The van der Waals surface area contributed by atoms with Gasteiger partial charge in [-0.05, 0) is 23.8 Å². The summed E-state index contributed by atoms with van der Waals surface area (Å²) in [5, 5.41) is 9.71. The fourth-order valence-corrected chi connectivity index (χ4v) is 2.68. The van der Waals surface area contributed by atoms with Crippen LogP contribution in [0.4, 0.5) is 24.8 Å². The number of ether oxygens (including phenoxy) is 2. The Balaban J connectivity index is 1.71. The molecule has 0 bridgehead atoms. The lowest BCUT2D eigenvalue weighted by molar-refractivity contribution is -0.274. The maximum atomic E-state index is 12.7. The minimum atomic E-state index is -4.78. The van der Waals surface area contributed by atoms with Gasteiger partial charge in [-0.2, -0.15) is 5.10 Å². The molecule has 2 aromatic heterocycles. The summed E-state index contributed by atoms with van der Waals surface area (Å²) in [6.45, 7) is 0.0943. The van der Waals surface area contributed by atoms with Crippen LogP contribution in [0, 0.1) is 0 Å². The number of carbonyl (C=O) groups excluding carboxylic acids is 1. The summed E-state index contributed by atoms with van der Waals surface area (Å²) in [5.41, 5.74) is 1.28. The SMILES string of the molecule is COCC(NC(=O)c1ccnc(Nc2cnn(C)c2)n1)c1ccc(OC(F)(F)F)cc1. The molecule has 1 unspecified atom stereocenters. The quantitative estimate of drug-likeness (QED) is 0.560. The molecule has 0 spiro atoms. The number of benzene rings is 1. The molecule has 0 aliphatic rings. The molecule has 9 nitrogen and oxygen atoms in total. The zero-order chi connectivity index (χ0) is 22.4. The van der Waals surface area contributed by atoms with Crippen molar-refractivity contribution in [3.8, 4) is 5.75 Å². The number of amides is 1. The minimum absolute atomic E-state index is 0.0943. The van der Waals surface area contributed by atoms with Crippen LogP contribution in [0.15, 0.2) is 48.9 Å². The van der Waals surface area contributed by atoms with Gasteiger partial charge < -0.3 is 20.1 Å². The van der Waals surface area contributed by atoms with E-state index in [1.807, 2.05) is 0 Å². The first-order valence-electron chi connectivity index (χ1n) is 8.98. The smallest absolute Gasteiger partial charge is 0.406 e. The number of aromatic nitrogens is 4. The summed E-state index contributed by atoms with van der Waals surface area (Å²) in [4.78, 5) is 20.9. The lowest BCUT2D eigenvalue weighted by Crippen LogP contribution is -2.32. The normalized spacial score (nSPS) is 12.3. The number of nitrogens with one attached hydrogen (secondary N) is 2. The Morgan fingerprint density at radius 1 is 1.23 bits per heavy atom. The first-order valence-corrected chi connectivity index (χ1v) is 8.98. The van der Waals surface area contributed by atoms with Crippen molar-refractivity contribution in [1.82, 2.24) is 25.1 Å². The van der Waals surface area contributed by atoms with E-state index in [4.69, 9.17) is 4.74 Å². The predicted octanol–water partition coefficient (Wildman–Crippen LogP) is 2.97. The van der Waals surface area contributed by atoms with Crippen molar-refractivity contribution in [2.24, 2.45) is 7.05 Å². The minimum Gasteiger partial charge on any atom is -0.406 e. The summed E-state index contributed by atoms with van der Waals surface area (Å²) in [6.07, 6.45) is -0.0563. The van der Waals surface area contributed by atoms with E-state index in [0.717, 1.165) is 12.1 Å². The summed E-state index contributed by atoms with van der Waals surface area (Å²) in [7, 11) is 3.20. The molecule has 2 heterocycles. The van der Waals surface area contributed by atoms with Gasteiger partial charge in [0.2, 0.25) is 5.95 Å². The van der Waals surface area contributed by atoms with Gasteiger partial charge in [0.15, 0.2) is 0 Å². The molecule has 0 saturated heterocycles. The van der Waals surface area contributed by atoms with Gasteiger partial charge in [0.1, 0.15) is 11.4 Å². The Hall–Kier alpha value is -3.67. The molecule has 31 heavy (non-hydrogen) atoms. The highest BCUT2D eigenvalue weighted by Crippen LogP contribution is 2.24. The Labute approximate surface area is 175 Å². The number of methoxy groups -OCH3 is 1. The van der Waals surface area contributed by atoms with Crippen molar-refractivity contribution in [2.45, 2.75) is 12.4 Å². The maximum absolute atomic E-state index is 12.7. The summed E-state index contributed by atoms with van der Waals surface area (Å²) in [5.74, 6) is -0.660. The van der Waals surface area contributed by atoms with Crippen molar-refractivity contribution in [1.29, 1.82) is 0 Å². The summed E-state index contributed by atoms with van der Waals surface area (Å²) < 4.78 is 47.6. The molecule has 0 saturated carbocycles. The molecule has 0 aliphatic heterocycles. The van der Waals surface area contributed by atoms with Gasteiger partial charge in [-0.3, -0.25) is 9.48 Å². The van der Waals surface area contributed by atoms with E-state index in [0.29, 0.717) is 11.3 Å². The number of anilines is 2. The Morgan fingerprint density at radius 2 is 1.97 bits per heavy atom. The highest BCUT2D eigenvalue weighted by Gasteiger charge is 2.31. The van der Waals surface area contributed by atoms with Crippen LogP contribution >= 0.6 is 0 Å². The molecular formula is C19H19F3N6O3. The molecule has 1 atom stereocenters. The zero-order valence-electron chi connectivity index (χ0n) is 16.6. The van der Waals surface area contributed by atoms with Crippen molar-refractivity contribution in [3.05, 3.63) is 60.2 Å². The van der Waals surface area contributed by atoms with Crippen LogP contribution in [-0.4, -0.2) is 45.7 Å². The molecule has 2 N–H and O–H groups in total. The lowest BCUT2D eigenvalue weighted by Gasteiger charge is -2.19. The molecule has 164 valence electrons. The van der Waals surface area contributed by atoms with E-state index in [-0.39, 0.29) is 24.0 Å². The molecule has 3 rings (SSSR count). The van der Waals surface area contributed by atoms with Gasteiger partial charge in [0, 0.05) is 26.6 Å². The molecule has 1 amide bonds. The second kappa shape index (κ2) is 9.43. The number of halogens is 3. The summed E-state index contributed by atoms with van der Waals surface area (Å²) in [6, 6.07) is 5.98. The number of hydrogen-bond donors (Lipinski definition) is 2. The number of alkyl halides is 3. The number of nitrogens with zero attached hydrogens (tertiary/aromatic N) is 4. The first-order chi connectivity index (χ1) is 14.7. The van der Waals surface area contributed by atoms with Crippen LogP contribution in [0.3, 0.4) is 0 Å². The number of carbonyl (C=O) groups is 1. The molecule has 0 radical (unpaired) electrons. The third-order valence-corrected chi connectivity index (χ3v) is 4.00. The van der Waals surface area contributed by atoms with E-state index in [2.05, 4.69) is 30.4 Å². The van der Waals surface area contributed by atoms with Gasteiger partial charge in [-0.25, -0.2) is 9.97 Å². The van der Waals surface area contributed by atoms with E-state index in [1.54, 1.807) is 24.1 Å². The van der Waals surface area contributed by atoms with Gasteiger partial charge in [0.05, 0.1) is 24.5 Å². The van der Waals surface area contributed by atoms with Gasteiger partial charge >= 0.3 is 6.36 Å². The molecular weight excluding hydrogens is 417 g/mol. The fraction of sp³-hybridized carbons (Fsp3) is 0.263. The molecule has 12 heteroatoms. The second-order valence-electron chi connectivity index (χ2n) is 6.39. The average Bonchev–Trinajstić information content (AvgIpc) is 3.12. The van der Waals surface area contributed by atoms with Crippen molar-refractivity contribution < 1.29 is 27.4 Å². The van der Waals surface area contributed by atoms with E-state index in [9.17, 15) is 18.0 Å². The number of aryl methyl sites for hydroxylation is 1. The second-order valence-corrected chi connectivity index (χ2v) is 6.39. The number of rotatable bonds is 8. The zero-order valence-corrected chi connectivity index (χ0v) is 16.6. The van der Waals surface area contributed by atoms with Crippen LogP contribution in [0.1, 0.15) is 22.1 Å². The molecule has 0 aliphatic carbocycles. The van der Waals surface area contributed by atoms with E-state index < -0.39 is 18.3 Å². The monoisotopic (exact) mass is 436 g/mol. The Morgan fingerprint density at radius 3 is 2.58 bits per heavy atom. The van der Waals surface area contributed by atoms with Crippen LogP contribution in [-0.2, 0) is 11.8 Å². The predicted molar refractivity (Wildman–Crippen MR) is 104 cm³/mol. The maximum Gasteiger partial charge on any atom is 0.573 e. The van der Waals surface area contributed by atoms with Crippen molar-refractivity contribution in [3.63, 3.8) is 0 Å². The van der Waals surface area contributed by atoms with Crippen LogP contribution in [0.2, 0.25) is 0 Å². The fourth-order valence-electron chi connectivity index (χ4n) is 2.68. The van der Waals surface area contributed by atoms with Crippen molar-refractivity contribution >= 4 is 17.5 Å². The van der Waals surface area contributed by atoms with Gasteiger partial charge in [-0.15, -0.1) is 13.2 Å². The molecule has 0 fully saturated rings. The van der Waals surface area contributed by atoms with Crippen LogP contribution < -0.4 is 15.4 Å². The third-order valence-electron chi connectivity index (χ3n) is 4.00. The van der Waals surface area contributed by atoms with Gasteiger partial charge in [-0.1, -0.05) is 12.1 Å². The average molecular weight is 436 g/mol. The van der Waals surface area contributed by atoms with Crippen LogP contribution in [0.5, 0.6) is 5.75 Å². The van der Waals surface area contributed by atoms with Gasteiger partial charge in [0.25, 0.3) is 5.91 Å². The first kappa shape index (κ1) is 22.0. The van der Waals surface area contributed by atoms with E-state index >= 15 is 0 Å². The highest BCUT2D eigenvalue weighted by atomic mass is 19.4. The van der Waals surface area contributed by atoms with Crippen molar-refractivity contribution in [2.75, 3.05) is 19.0 Å². The molecule has 1 aromatic carbocycles. The van der Waals surface area contributed by atoms with E-state index in [1.165, 1.54) is 31.5 Å². The standard InChI is InChI=1S/C19H19F3N6O3/c1-28-10-13(9-24-28)25-18-23-8-7-15(27-18)17(29)26-16(11-30-2)12-3-5-14(6-4-12)31-19(20,21)22/h3-10,16H,11H2,1-2H3,(H,26,29)(H,23,25,27). The highest BCUT2D eigenvalue weighted by molar-refractivity contribution is 5.92. The topological polar surface area (TPSA) is 103 Å². The third kappa shape index (κ3) is 6.40. The molecule has 3 aromatic rings.